The molecular weight excluding hydrogens is 280 g/mol. The summed E-state index contributed by atoms with van der Waals surface area (Å²) in [5.74, 6) is -0.853. The maximum Gasteiger partial charge on any atom is 0.341 e. The molecule has 1 rings (SSSR count). The Balaban J connectivity index is 0.00000361. The van der Waals surface area contributed by atoms with Crippen molar-refractivity contribution in [3.63, 3.8) is 0 Å². The number of hydrogen-bond acceptors (Lipinski definition) is 4. The van der Waals surface area contributed by atoms with Gasteiger partial charge in [0.25, 0.3) is 0 Å². The van der Waals surface area contributed by atoms with Gasteiger partial charge in [-0.25, -0.2) is 4.79 Å². The largest absolute Gasteiger partial charge is 0.507 e. The van der Waals surface area contributed by atoms with Gasteiger partial charge in [-0.3, -0.25) is 4.79 Å². The maximum absolute atomic E-state index is 12.1. The number of Topliss-reactive ketones (excluding diaryl/α,β-unsaturated/α-hetero) is 1. The van der Waals surface area contributed by atoms with Crippen molar-refractivity contribution in [3.05, 3.63) is 29.3 Å². The van der Waals surface area contributed by atoms with Crippen LogP contribution in [0.2, 0.25) is 0 Å². The van der Waals surface area contributed by atoms with Crippen molar-refractivity contribution in [3.8, 4) is 5.75 Å². The molecule has 0 amide bonds. The van der Waals surface area contributed by atoms with E-state index in [2.05, 4.69) is 0 Å². The quantitative estimate of drug-likeness (QED) is 0.681. The van der Waals surface area contributed by atoms with Gasteiger partial charge >= 0.3 is 5.97 Å². The van der Waals surface area contributed by atoms with E-state index in [0.717, 1.165) is 0 Å². The number of phenols is 1. The highest BCUT2D eigenvalue weighted by molar-refractivity contribution is 6.00. The van der Waals surface area contributed by atoms with Crippen LogP contribution in [-0.4, -0.2) is 23.5 Å². The van der Waals surface area contributed by atoms with Crippen molar-refractivity contribution in [1.82, 2.24) is 0 Å². The van der Waals surface area contributed by atoms with E-state index in [0.29, 0.717) is 12.0 Å². The summed E-state index contributed by atoms with van der Waals surface area (Å²) in [6.45, 7) is 7.81. The summed E-state index contributed by atoms with van der Waals surface area (Å²) >= 11 is 0. The molecular formula is C15H21ClO4. The number of benzene rings is 1. The Morgan fingerprint density at radius 2 is 1.85 bits per heavy atom. The molecule has 0 atom stereocenters. The second-order valence-electron chi connectivity index (χ2n) is 5.61. The fourth-order valence-corrected chi connectivity index (χ4v) is 1.67. The minimum absolute atomic E-state index is 0. The van der Waals surface area contributed by atoms with Gasteiger partial charge in [0.2, 0.25) is 0 Å². The minimum atomic E-state index is -0.620. The van der Waals surface area contributed by atoms with Crippen molar-refractivity contribution in [2.45, 2.75) is 34.1 Å². The van der Waals surface area contributed by atoms with Crippen molar-refractivity contribution >= 4 is 24.2 Å². The van der Waals surface area contributed by atoms with Crippen LogP contribution in [0.25, 0.3) is 0 Å². The van der Waals surface area contributed by atoms with E-state index in [1.807, 2.05) is 20.8 Å². The summed E-state index contributed by atoms with van der Waals surface area (Å²) in [7, 11) is 0. The third-order valence-corrected chi connectivity index (χ3v) is 2.50. The van der Waals surface area contributed by atoms with E-state index >= 15 is 0 Å². The average molecular weight is 301 g/mol. The normalized spacial score (nSPS) is 10.6. The van der Waals surface area contributed by atoms with E-state index in [9.17, 15) is 14.7 Å². The van der Waals surface area contributed by atoms with Gasteiger partial charge in [0.15, 0.2) is 5.78 Å². The first-order valence-electron chi connectivity index (χ1n) is 6.28. The molecule has 4 nitrogen and oxygen atoms in total. The standard InChI is InChI=1S/C15H20O4.ClH/c1-5-19-14(18)11-8-10(6-7-12(11)16)13(17)9-15(2,3)4;/h6-8,16H,5,9H2,1-4H3;1H. The number of aromatic hydroxyl groups is 1. The van der Waals surface area contributed by atoms with Crippen LogP contribution in [0.1, 0.15) is 54.8 Å². The van der Waals surface area contributed by atoms with E-state index < -0.39 is 5.97 Å². The molecule has 112 valence electrons. The summed E-state index contributed by atoms with van der Waals surface area (Å²) in [5.41, 5.74) is 0.316. The topological polar surface area (TPSA) is 63.6 Å². The first-order chi connectivity index (χ1) is 8.74. The molecule has 0 saturated carbocycles. The third kappa shape index (κ3) is 5.21. The molecule has 1 aromatic rings. The molecule has 0 aromatic heterocycles. The first kappa shape index (κ1) is 18.4. The number of rotatable bonds is 4. The fraction of sp³-hybridized carbons (Fsp3) is 0.467. The monoisotopic (exact) mass is 300 g/mol. The third-order valence-electron chi connectivity index (χ3n) is 2.50. The lowest BCUT2D eigenvalue weighted by atomic mass is 9.87. The number of phenolic OH excluding ortho intramolecular Hbond substituents is 1. The molecule has 0 aliphatic rings. The predicted molar refractivity (Wildman–Crippen MR) is 79.7 cm³/mol. The van der Waals surface area contributed by atoms with Crippen LogP contribution in [-0.2, 0) is 4.74 Å². The second-order valence-corrected chi connectivity index (χ2v) is 5.61. The number of hydrogen-bond donors (Lipinski definition) is 1. The summed E-state index contributed by atoms with van der Waals surface area (Å²) in [6, 6.07) is 4.26. The highest BCUT2D eigenvalue weighted by Gasteiger charge is 2.20. The van der Waals surface area contributed by atoms with E-state index in [1.165, 1.54) is 18.2 Å². The van der Waals surface area contributed by atoms with Crippen molar-refractivity contribution < 1.29 is 19.4 Å². The van der Waals surface area contributed by atoms with Gasteiger partial charge in [0.1, 0.15) is 11.3 Å². The average Bonchev–Trinajstić information content (AvgIpc) is 2.27. The SMILES string of the molecule is CCOC(=O)c1cc(C(=O)CC(C)(C)C)ccc1O.Cl. The maximum atomic E-state index is 12.1. The molecule has 0 fully saturated rings. The Morgan fingerprint density at radius 3 is 2.35 bits per heavy atom. The highest BCUT2D eigenvalue weighted by atomic mass is 35.5. The first-order valence-corrected chi connectivity index (χ1v) is 6.28. The molecule has 20 heavy (non-hydrogen) atoms. The summed E-state index contributed by atoms with van der Waals surface area (Å²) in [6.07, 6.45) is 0.375. The molecule has 1 aromatic carbocycles. The van der Waals surface area contributed by atoms with Crippen LogP contribution in [0, 0.1) is 5.41 Å². The molecule has 1 N–H and O–H groups in total. The number of carbonyl (C=O) groups is 2. The Labute approximate surface area is 125 Å². The van der Waals surface area contributed by atoms with Gasteiger partial charge in [0.05, 0.1) is 6.61 Å². The molecule has 0 aliphatic carbocycles. The summed E-state index contributed by atoms with van der Waals surface area (Å²) in [5, 5.41) is 9.63. The lowest BCUT2D eigenvalue weighted by Gasteiger charge is -2.17. The number of ketones is 1. The zero-order valence-electron chi connectivity index (χ0n) is 12.2. The van der Waals surface area contributed by atoms with Gasteiger partial charge in [-0.2, -0.15) is 0 Å². The van der Waals surface area contributed by atoms with Crippen LogP contribution in [0.5, 0.6) is 5.75 Å². The van der Waals surface area contributed by atoms with Gasteiger partial charge < -0.3 is 9.84 Å². The van der Waals surface area contributed by atoms with E-state index in [4.69, 9.17) is 4.74 Å². The molecule has 0 spiro atoms. The van der Waals surface area contributed by atoms with Gasteiger partial charge in [0, 0.05) is 12.0 Å². The number of esters is 1. The van der Waals surface area contributed by atoms with Crippen molar-refractivity contribution in [2.75, 3.05) is 6.61 Å². The molecule has 5 heteroatoms. The van der Waals surface area contributed by atoms with Gasteiger partial charge in [-0.1, -0.05) is 20.8 Å². The van der Waals surface area contributed by atoms with Gasteiger partial charge in [-0.15, -0.1) is 12.4 Å². The highest BCUT2D eigenvalue weighted by Crippen LogP contribution is 2.25. The van der Waals surface area contributed by atoms with Crippen molar-refractivity contribution in [2.24, 2.45) is 5.41 Å². The van der Waals surface area contributed by atoms with E-state index in [-0.39, 0.29) is 41.5 Å². The molecule has 0 unspecified atom stereocenters. The Bertz CT molecular complexity index is 489. The van der Waals surface area contributed by atoms with Crippen LogP contribution in [0.15, 0.2) is 18.2 Å². The van der Waals surface area contributed by atoms with Gasteiger partial charge in [-0.05, 0) is 30.5 Å². The second kappa shape index (κ2) is 7.29. The van der Waals surface area contributed by atoms with Crippen LogP contribution >= 0.6 is 12.4 Å². The smallest absolute Gasteiger partial charge is 0.341 e. The lowest BCUT2D eigenvalue weighted by molar-refractivity contribution is 0.0523. The number of halogens is 1. The Hall–Kier alpha value is -1.55. The van der Waals surface area contributed by atoms with Crippen LogP contribution in [0.4, 0.5) is 0 Å². The number of carbonyl (C=O) groups excluding carboxylic acids is 2. The minimum Gasteiger partial charge on any atom is -0.507 e. The van der Waals surface area contributed by atoms with Crippen LogP contribution in [0.3, 0.4) is 0 Å². The summed E-state index contributed by atoms with van der Waals surface area (Å²) in [4.78, 5) is 23.7. The zero-order chi connectivity index (χ0) is 14.6. The zero-order valence-corrected chi connectivity index (χ0v) is 13.0. The molecule has 0 saturated heterocycles. The van der Waals surface area contributed by atoms with Crippen LogP contribution < -0.4 is 0 Å². The van der Waals surface area contributed by atoms with Crippen molar-refractivity contribution in [1.29, 1.82) is 0 Å². The molecule has 0 radical (unpaired) electrons. The fourth-order valence-electron chi connectivity index (χ4n) is 1.67. The molecule has 0 heterocycles. The molecule has 0 bridgehead atoms. The van der Waals surface area contributed by atoms with E-state index in [1.54, 1.807) is 6.92 Å². The Kier molecular flexibility index (Phi) is 6.73. The molecule has 0 aliphatic heterocycles. The lowest BCUT2D eigenvalue weighted by Crippen LogP contribution is -2.14. The predicted octanol–water partition coefficient (Wildman–Crippen LogP) is 3.61. The number of ether oxygens (including phenoxy) is 1. The Morgan fingerprint density at radius 1 is 1.25 bits per heavy atom. The summed E-state index contributed by atoms with van der Waals surface area (Å²) < 4.78 is 4.83.